The van der Waals surface area contributed by atoms with Gasteiger partial charge in [0, 0.05) is 25.7 Å². The van der Waals surface area contributed by atoms with E-state index in [1.807, 2.05) is 6.20 Å². The van der Waals surface area contributed by atoms with Crippen LogP contribution in [0.25, 0.3) is 0 Å². The SMILES string of the molecule is CCCCn1ncc(N2CCC(N)C(CC)C2)c(Br)c1=O. The van der Waals surface area contributed by atoms with E-state index in [-0.39, 0.29) is 11.6 Å². The Morgan fingerprint density at radius 2 is 2.24 bits per heavy atom. The number of hydrogen-bond donors (Lipinski definition) is 1. The minimum Gasteiger partial charge on any atom is -0.369 e. The molecule has 5 nitrogen and oxygen atoms in total. The predicted molar refractivity (Wildman–Crippen MR) is 89.7 cm³/mol. The second kappa shape index (κ2) is 7.40. The Kier molecular flexibility index (Phi) is 5.81. The largest absolute Gasteiger partial charge is 0.369 e. The van der Waals surface area contributed by atoms with Crippen LogP contribution in [0, 0.1) is 5.92 Å². The molecule has 1 aromatic heterocycles. The van der Waals surface area contributed by atoms with Crippen LogP contribution >= 0.6 is 15.9 Å². The number of halogens is 1. The Balaban J connectivity index is 2.21. The third-order valence-electron chi connectivity index (χ3n) is 4.35. The number of unbranched alkanes of at least 4 members (excludes halogenated alkanes) is 1. The molecule has 1 fully saturated rings. The van der Waals surface area contributed by atoms with Crippen molar-refractivity contribution in [2.75, 3.05) is 18.0 Å². The van der Waals surface area contributed by atoms with Gasteiger partial charge in [0.2, 0.25) is 0 Å². The predicted octanol–water partition coefficient (Wildman–Crippen LogP) is 2.37. The minimum atomic E-state index is -0.0381. The molecule has 1 saturated heterocycles. The summed E-state index contributed by atoms with van der Waals surface area (Å²) < 4.78 is 2.17. The Labute approximate surface area is 134 Å². The molecule has 1 aliphatic heterocycles. The van der Waals surface area contributed by atoms with Crippen LogP contribution in [0.15, 0.2) is 15.5 Å². The summed E-state index contributed by atoms with van der Waals surface area (Å²) >= 11 is 3.47. The third kappa shape index (κ3) is 3.66. The van der Waals surface area contributed by atoms with Crippen LogP contribution in [0.2, 0.25) is 0 Å². The molecule has 0 aliphatic carbocycles. The Morgan fingerprint density at radius 1 is 1.48 bits per heavy atom. The van der Waals surface area contributed by atoms with Gasteiger partial charge in [0.15, 0.2) is 0 Å². The van der Waals surface area contributed by atoms with Gasteiger partial charge in [0.05, 0.1) is 11.9 Å². The van der Waals surface area contributed by atoms with Crippen LogP contribution in [0.4, 0.5) is 5.69 Å². The van der Waals surface area contributed by atoms with Gasteiger partial charge in [-0.05, 0) is 34.7 Å². The average Bonchev–Trinajstić information content (AvgIpc) is 2.49. The van der Waals surface area contributed by atoms with Gasteiger partial charge in [0.1, 0.15) is 4.47 Å². The molecule has 6 heteroatoms. The minimum absolute atomic E-state index is 0.0381. The van der Waals surface area contributed by atoms with E-state index < -0.39 is 0 Å². The first-order valence-corrected chi connectivity index (χ1v) is 8.63. The number of nitrogens with zero attached hydrogens (tertiary/aromatic N) is 3. The summed E-state index contributed by atoms with van der Waals surface area (Å²) in [6, 6.07) is 0.267. The first-order chi connectivity index (χ1) is 10.1. The first-order valence-electron chi connectivity index (χ1n) is 7.84. The molecule has 2 atom stereocenters. The number of aryl methyl sites for hydroxylation is 1. The van der Waals surface area contributed by atoms with Crippen molar-refractivity contribution in [3.05, 3.63) is 21.0 Å². The van der Waals surface area contributed by atoms with E-state index in [0.717, 1.165) is 44.5 Å². The van der Waals surface area contributed by atoms with E-state index in [0.29, 0.717) is 16.9 Å². The maximum Gasteiger partial charge on any atom is 0.283 e. The summed E-state index contributed by atoms with van der Waals surface area (Å²) in [5.74, 6) is 0.480. The molecular weight excluding hydrogens is 332 g/mol. The summed E-state index contributed by atoms with van der Waals surface area (Å²) in [5, 5.41) is 4.32. The number of rotatable bonds is 5. The molecule has 0 amide bonds. The highest BCUT2D eigenvalue weighted by atomic mass is 79.9. The Morgan fingerprint density at radius 3 is 2.90 bits per heavy atom. The van der Waals surface area contributed by atoms with Gasteiger partial charge in [-0.3, -0.25) is 4.79 Å². The fourth-order valence-corrected chi connectivity index (χ4v) is 3.40. The fourth-order valence-electron chi connectivity index (χ4n) is 2.85. The number of aromatic nitrogens is 2. The molecule has 21 heavy (non-hydrogen) atoms. The lowest BCUT2D eigenvalue weighted by Gasteiger charge is -2.38. The average molecular weight is 357 g/mol. The second-order valence-corrected chi connectivity index (χ2v) is 6.59. The normalized spacial score (nSPS) is 22.6. The Hall–Kier alpha value is -0.880. The van der Waals surface area contributed by atoms with Gasteiger partial charge in [-0.2, -0.15) is 5.10 Å². The lowest BCUT2D eigenvalue weighted by Crippen LogP contribution is -2.47. The maximum absolute atomic E-state index is 12.4. The zero-order valence-corrected chi connectivity index (χ0v) is 14.5. The van der Waals surface area contributed by atoms with Crippen molar-refractivity contribution >= 4 is 21.6 Å². The number of hydrogen-bond acceptors (Lipinski definition) is 4. The van der Waals surface area contributed by atoms with E-state index in [1.54, 1.807) is 4.68 Å². The lowest BCUT2D eigenvalue weighted by atomic mass is 9.90. The monoisotopic (exact) mass is 356 g/mol. The number of piperidine rings is 1. The summed E-state index contributed by atoms with van der Waals surface area (Å²) in [6.45, 7) is 6.74. The van der Waals surface area contributed by atoms with Crippen molar-refractivity contribution in [3.8, 4) is 0 Å². The quantitative estimate of drug-likeness (QED) is 0.879. The first kappa shape index (κ1) is 16.5. The van der Waals surface area contributed by atoms with E-state index in [9.17, 15) is 4.79 Å². The molecule has 118 valence electrons. The molecule has 0 aromatic carbocycles. The van der Waals surface area contributed by atoms with Crippen molar-refractivity contribution in [2.45, 2.75) is 52.1 Å². The van der Waals surface area contributed by atoms with Gasteiger partial charge in [-0.25, -0.2) is 4.68 Å². The van der Waals surface area contributed by atoms with Crippen LogP contribution in [0.3, 0.4) is 0 Å². The van der Waals surface area contributed by atoms with Crippen molar-refractivity contribution in [3.63, 3.8) is 0 Å². The van der Waals surface area contributed by atoms with Crippen molar-refractivity contribution in [1.82, 2.24) is 9.78 Å². The molecule has 2 unspecified atom stereocenters. The van der Waals surface area contributed by atoms with Gasteiger partial charge in [0.25, 0.3) is 5.56 Å². The van der Waals surface area contributed by atoms with Gasteiger partial charge in [-0.1, -0.05) is 26.7 Å². The molecule has 0 spiro atoms. The van der Waals surface area contributed by atoms with E-state index in [1.165, 1.54) is 0 Å². The molecule has 0 bridgehead atoms. The van der Waals surface area contributed by atoms with Gasteiger partial charge in [-0.15, -0.1) is 0 Å². The molecule has 0 saturated carbocycles. The second-order valence-electron chi connectivity index (χ2n) is 5.79. The molecule has 1 aromatic rings. The zero-order valence-electron chi connectivity index (χ0n) is 12.9. The van der Waals surface area contributed by atoms with Crippen molar-refractivity contribution in [1.29, 1.82) is 0 Å². The maximum atomic E-state index is 12.4. The molecule has 2 N–H and O–H groups in total. The molecule has 0 radical (unpaired) electrons. The highest BCUT2D eigenvalue weighted by Crippen LogP contribution is 2.27. The molecule has 1 aliphatic rings. The highest BCUT2D eigenvalue weighted by molar-refractivity contribution is 9.10. The highest BCUT2D eigenvalue weighted by Gasteiger charge is 2.27. The van der Waals surface area contributed by atoms with Crippen LogP contribution in [0.1, 0.15) is 39.5 Å². The number of anilines is 1. The summed E-state index contributed by atoms with van der Waals surface area (Å²) in [6.07, 6.45) is 5.86. The topological polar surface area (TPSA) is 64.2 Å². The summed E-state index contributed by atoms with van der Waals surface area (Å²) in [5.41, 5.74) is 7.02. The fraction of sp³-hybridized carbons (Fsp3) is 0.733. The lowest BCUT2D eigenvalue weighted by molar-refractivity contribution is 0.347. The standard InChI is InChI=1S/C15H25BrN4O/c1-3-5-7-20-15(21)14(16)13(9-18-20)19-8-6-12(17)11(4-2)10-19/h9,11-12H,3-8,10,17H2,1-2H3. The van der Waals surface area contributed by atoms with Crippen molar-refractivity contribution in [2.24, 2.45) is 11.7 Å². The van der Waals surface area contributed by atoms with Crippen LogP contribution in [0.5, 0.6) is 0 Å². The molecular formula is C15H25BrN4O. The molecule has 2 rings (SSSR count). The smallest absolute Gasteiger partial charge is 0.283 e. The van der Waals surface area contributed by atoms with Gasteiger partial charge < -0.3 is 10.6 Å². The van der Waals surface area contributed by atoms with E-state index >= 15 is 0 Å². The summed E-state index contributed by atoms with van der Waals surface area (Å²) in [7, 11) is 0. The zero-order chi connectivity index (χ0) is 15.4. The Bertz CT molecular complexity index is 531. The van der Waals surface area contributed by atoms with Crippen LogP contribution in [-0.4, -0.2) is 28.9 Å². The van der Waals surface area contributed by atoms with E-state index in [2.05, 4.69) is 39.8 Å². The van der Waals surface area contributed by atoms with Crippen LogP contribution in [-0.2, 0) is 6.54 Å². The third-order valence-corrected chi connectivity index (χ3v) is 5.09. The van der Waals surface area contributed by atoms with Crippen molar-refractivity contribution < 1.29 is 0 Å². The summed E-state index contributed by atoms with van der Waals surface area (Å²) in [4.78, 5) is 14.6. The number of nitrogens with two attached hydrogens (primary N) is 1. The molecule has 2 heterocycles. The van der Waals surface area contributed by atoms with Crippen LogP contribution < -0.4 is 16.2 Å². The van der Waals surface area contributed by atoms with E-state index in [4.69, 9.17) is 5.73 Å². The van der Waals surface area contributed by atoms with Gasteiger partial charge >= 0.3 is 0 Å².